The van der Waals surface area contributed by atoms with Gasteiger partial charge in [0.25, 0.3) is 0 Å². The highest BCUT2D eigenvalue weighted by Crippen LogP contribution is 2.35. The van der Waals surface area contributed by atoms with Gasteiger partial charge in [0.2, 0.25) is 5.91 Å². The molecule has 7 nitrogen and oxygen atoms in total. The number of benzene rings is 2. The fraction of sp³-hybridized carbons (Fsp3) is 0.120. The highest BCUT2D eigenvalue weighted by atomic mass is 16.3. The van der Waals surface area contributed by atoms with E-state index in [1.807, 2.05) is 55.6 Å². The maximum Gasteiger partial charge on any atom is 0.221 e. The molecule has 0 atom stereocenters. The van der Waals surface area contributed by atoms with E-state index in [2.05, 4.69) is 21.5 Å². The van der Waals surface area contributed by atoms with Gasteiger partial charge in [-0.25, -0.2) is 0 Å². The molecule has 0 fully saturated rings. The van der Waals surface area contributed by atoms with Gasteiger partial charge in [0.1, 0.15) is 18.0 Å². The molecule has 0 aliphatic rings. The average molecular weight is 423 g/mol. The summed E-state index contributed by atoms with van der Waals surface area (Å²) in [6.45, 7) is 3.47. The molecule has 4 rings (SSSR count). The summed E-state index contributed by atoms with van der Waals surface area (Å²) in [4.78, 5) is 16.1. The number of rotatable bonds is 5. The van der Waals surface area contributed by atoms with Gasteiger partial charge in [0, 0.05) is 36.0 Å². The Hall–Kier alpha value is -4.44. The number of anilines is 1. The quantitative estimate of drug-likeness (QED) is 0.481. The lowest BCUT2D eigenvalue weighted by molar-refractivity contribution is -0.114. The van der Waals surface area contributed by atoms with Crippen LogP contribution in [0.2, 0.25) is 0 Å². The van der Waals surface area contributed by atoms with Gasteiger partial charge in [-0.05, 0) is 54.4 Å². The minimum Gasteiger partial charge on any atom is -0.508 e. The van der Waals surface area contributed by atoms with Crippen molar-refractivity contribution in [3.63, 3.8) is 0 Å². The van der Waals surface area contributed by atoms with Gasteiger partial charge in [-0.15, -0.1) is 0 Å². The summed E-state index contributed by atoms with van der Waals surface area (Å²) in [6, 6.07) is 18.7. The van der Waals surface area contributed by atoms with Crippen molar-refractivity contribution in [2.75, 3.05) is 5.32 Å². The average Bonchev–Trinajstić information content (AvgIpc) is 3.17. The number of phenols is 1. The second kappa shape index (κ2) is 8.74. The number of nitrogens with one attached hydrogen (secondary N) is 1. The van der Waals surface area contributed by atoms with E-state index in [4.69, 9.17) is 5.26 Å². The van der Waals surface area contributed by atoms with E-state index < -0.39 is 0 Å². The number of hydrogen-bond donors (Lipinski definition) is 2. The van der Waals surface area contributed by atoms with Crippen LogP contribution in [0.4, 0.5) is 5.69 Å². The maximum atomic E-state index is 11.6. The van der Waals surface area contributed by atoms with Crippen LogP contribution in [0.1, 0.15) is 12.5 Å². The molecule has 0 radical (unpaired) electrons. The van der Waals surface area contributed by atoms with Crippen LogP contribution >= 0.6 is 0 Å². The van der Waals surface area contributed by atoms with Gasteiger partial charge < -0.3 is 10.4 Å². The largest absolute Gasteiger partial charge is 0.508 e. The number of pyridine rings is 1. The molecule has 0 spiro atoms. The minimum atomic E-state index is -0.159. The van der Waals surface area contributed by atoms with Crippen molar-refractivity contribution in [3.8, 4) is 45.5 Å². The Kier molecular flexibility index (Phi) is 5.69. The highest BCUT2D eigenvalue weighted by molar-refractivity contribution is 5.94. The SMILES string of the molecule is CC(=O)Nc1ccccc1-c1cc(-c2cn(CC#N)nc2-c2cc(C)cc(O)c2)ccn1. The van der Waals surface area contributed by atoms with Crippen LogP contribution in [0.15, 0.2) is 67.0 Å². The smallest absolute Gasteiger partial charge is 0.221 e. The third kappa shape index (κ3) is 4.35. The molecule has 0 unspecified atom stereocenters. The number of hydrogen-bond acceptors (Lipinski definition) is 5. The summed E-state index contributed by atoms with van der Waals surface area (Å²) in [5.74, 6) is -0.00615. The molecule has 0 saturated carbocycles. The topological polar surface area (TPSA) is 104 Å². The molecule has 2 N–H and O–H groups in total. The van der Waals surface area contributed by atoms with Crippen LogP contribution in [0, 0.1) is 18.3 Å². The van der Waals surface area contributed by atoms with Gasteiger partial charge in [-0.2, -0.15) is 10.4 Å². The van der Waals surface area contributed by atoms with Crippen molar-refractivity contribution in [1.82, 2.24) is 14.8 Å². The molecule has 0 saturated heterocycles. The Morgan fingerprint density at radius 1 is 1.12 bits per heavy atom. The molecule has 32 heavy (non-hydrogen) atoms. The predicted molar refractivity (Wildman–Crippen MR) is 123 cm³/mol. The zero-order valence-electron chi connectivity index (χ0n) is 17.7. The molecule has 158 valence electrons. The maximum absolute atomic E-state index is 11.6. The van der Waals surface area contributed by atoms with Crippen LogP contribution in [0.5, 0.6) is 5.75 Å². The monoisotopic (exact) mass is 423 g/mol. The summed E-state index contributed by atoms with van der Waals surface area (Å²) >= 11 is 0. The first-order valence-electron chi connectivity index (χ1n) is 10.0. The number of amides is 1. The number of aromatic hydroxyl groups is 1. The molecule has 2 aromatic heterocycles. The van der Waals surface area contributed by atoms with Crippen molar-refractivity contribution in [2.24, 2.45) is 0 Å². The Bertz CT molecular complexity index is 1330. The van der Waals surface area contributed by atoms with Gasteiger partial charge in [0.05, 0.1) is 17.5 Å². The highest BCUT2D eigenvalue weighted by Gasteiger charge is 2.16. The number of carbonyl (C=O) groups excluding carboxylic acids is 1. The fourth-order valence-corrected chi connectivity index (χ4v) is 3.65. The number of nitrogens with zero attached hydrogens (tertiary/aromatic N) is 4. The van der Waals surface area contributed by atoms with Gasteiger partial charge in [0.15, 0.2) is 0 Å². The van der Waals surface area contributed by atoms with Crippen molar-refractivity contribution < 1.29 is 9.90 Å². The predicted octanol–water partition coefficient (Wildman–Crippen LogP) is 4.78. The number of nitriles is 1. The van der Waals surface area contributed by atoms with Crippen molar-refractivity contribution in [3.05, 3.63) is 72.6 Å². The zero-order valence-corrected chi connectivity index (χ0v) is 17.7. The lowest BCUT2D eigenvalue weighted by Crippen LogP contribution is -2.07. The number of para-hydroxylation sites is 1. The van der Waals surface area contributed by atoms with Crippen LogP contribution in [-0.4, -0.2) is 25.8 Å². The van der Waals surface area contributed by atoms with E-state index in [9.17, 15) is 9.90 Å². The molecular formula is C25H21N5O2. The molecule has 2 heterocycles. The van der Waals surface area contributed by atoms with Crippen molar-refractivity contribution >= 4 is 11.6 Å². The summed E-state index contributed by atoms with van der Waals surface area (Å²) < 4.78 is 1.58. The zero-order chi connectivity index (χ0) is 22.7. The van der Waals surface area contributed by atoms with Crippen molar-refractivity contribution in [1.29, 1.82) is 5.26 Å². The van der Waals surface area contributed by atoms with E-state index in [1.54, 1.807) is 23.0 Å². The minimum absolute atomic E-state index is 0.105. The van der Waals surface area contributed by atoms with Crippen LogP contribution in [0.3, 0.4) is 0 Å². The molecule has 1 amide bonds. The number of aryl methyl sites for hydroxylation is 1. The number of carbonyl (C=O) groups is 1. The van der Waals surface area contributed by atoms with Crippen LogP contribution in [0.25, 0.3) is 33.6 Å². The van der Waals surface area contributed by atoms with Gasteiger partial charge in [-0.1, -0.05) is 18.2 Å². The Morgan fingerprint density at radius 3 is 2.69 bits per heavy atom. The molecule has 0 aliphatic carbocycles. The first kappa shape index (κ1) is 20.8. The van der Waals surface area contributed by atoms with Gasteiger partial charge >= 0.3 is 0 Å². The summed E-state index contributed by atoms with van der Waals surface area (Å²) in [6.07, 6.45) is 3.52. The summed E-state index contributed by atoms with van der Waals surface area (Å²) in [5, 5.41) is 26.7. The lowest BCUT2D eigenvalue weighted by atomic mass is 9.99. The van der Waals surface area contributed by atoms with Crippen LogP contribution < -0.4 is 5.32 Å². The van der Waals surface area contributed by atoms with Gasteiger partial charge in [-0.3, -0.25) is 14.5 Å². The molecular weight excluding hydrogens is 402 g/mol. The Balaban J connectivity index is 1.85. The third-order valence-corrected chi connectivity index (χ3v) is 4.91. The van der Waals surface area contributed by atoms with E-state index >= 15 is 0 Å². The molecule has 4 aromatic rings. The standard InChI is InChI=1S/C25H21N5O2/c1-16-11-19(13-20(32)12-16)25-22(15-30(29-25)10-8-26)18-7-9-27-24(14-18)21-5-3-4-6-23(21)28-17(2)31/h3-7,9,11-15,32H,10H2,1-2H3,(H,28,31). The van der Waals surface area contributed by atoms with E-state index in [0.29, 0.717) is 17.1 Å². The van der Waals surface area contributed by atoms with E-state index in [-0.39, 0.29) is 18.2 Å². The first-order chi connectivity index (χ1) is 15.4. The lowest BCUT2D eigenvalue weighted by Gasteiger charge is -2.11. The molecule has 7 heteroatoms. The number of phenolic OH excluding ortho intramolecular Hbond substituents is 1. The van der Waals surface area contributed by atoms with E-state index in [1.165, 1.54) is 6.92 Å². The fourth-order valence-electron chi connectivity index (χ4n) is 3.65. The molecule has 2 aromatic carbocycles. The second-order valence-electron chi connectivity index (χ2n) is 7.46. The normalized spacial score (nSPS) is 10.5. The number of aromatic nitrogens is 3. The summed E-state index contributed by atoms with van der Waals surface area (Å²) in [5.41, 5.74) is 6.15. The molecule has 0 aliphatic heterocycles. The summed E-state index contributed by atoms with van der Waals surface area (Å²) in [7, 11) is 0. The Labute approximate surface area is 185 Å². The third-order valence-electron chi connectivity index (χ3n) is 4.91. The Morgan fingerprint density at radius 2 is 1.94 bits per heavy atom. The van der Waals surface area contributed by atoms with E-state index in [0.717, 1.165) is 27.8 Å². The first-order valence-corrected chi connectivity index (χ1v) is 10.0. The molecule has 0 bridgehead atoms. The van der Waals surface area contributed by atoms with Crippen LogP contribution in [-0.2, 0) is 11.3 Å². The van der Waals surface area contributed by atoms with Crippen molar-refractivity contribution in [2.45, 2.75) is 20.4 Å². The second-order valence-corrected chi connectivity index (χ2v) is 7.46.